The van der Waals surface area contributed by atoms with E-state index in [2.05, 4.69) is 4.98 Å². The molecule has 3 aromatic rings. The van der Waals surface area contributed by atoms with Crippen LogP contribution in [-0.2, 0) is 16.0 Å². The lowest BCUT2D eigenvalue weighted by molar-refractivity contribution is -0.145. The number of pyridine rings is 1. The molecular formula is C22H16N2O3S2. The predicted molar refractivity (Wildman–Crippen MR) is 118 cm³/mol. The number of carbonyl (C=O) groups is 2. The molecule has 1 atom stereocenters. The molecule has 4 rings (SSSR count). The van der Waals surface area contributed by atoms with Gasteiger partial charge in [-0.25, -0.2) is 4.79 Å². The van der Waals surface area contributed by atoms with Crippen LogP contribution in [0.1, 0.15) is 11.1 Å². The summed E-state index contributed by atoms with van der Waals surface area (Å²) >= 11 is 6.50. The number of aromatic nitrogens is 1. The molecule has 1 amide bonds. The molecule has 0 spiro atoms. The second kappa shape index (κ2) is 8.14. The highest BCUT2D eigenvalue weighted by molar-refractivity contribution is 8.26. The number of thioether (sulfide) groups is 1. The normalized spacial score (nSPS) is 16.6. The van der Waals surface area contributed by atoms with E-state index in [9.17, 15) is 14.7 Å². The number of benzene rings is 2. The van der Waals surface area contributed by atoms with Crippen LogP contribution in [-0.4, -0.2) is 37.2 Å². The zero-order chi connectivity index (χ0) is 20.4. The summed E-state index contributed by atoms with van der Waals surface area (Å²) in [4.78, 5) is 30.9. The number of hydrogen-bond acceptors (Lipinski definition) is 5. The maximum Gasteiger partial charge on any atom is 0.327 e. The quantitative estimate of drug-likeness (QED) is 0.494. The van der Waals surface area contributed by atoms with Gasteiger partial charge in [0.25, 0.3) is 5.91 Å². The van der Waals surface area contributed by atoms with E-state index in [0.29, 0.717) is 4.91 Å². The highest BCUT2D eigenvalue weighted by Gasteiger charge is 2.40. The van der Waals surface area contributed by atoms with Crippen molar-refractivity contribution in [1.82, 2.24) is 9.88 Å². The zero-order valence-corrected chi connectivity index (χ0v) is 16.8. The molecule has 0 unspecified atom stereocenters. The molecule has 0 aliphatic carbocycles. The van der Waals surface area contributed by atoms with Gasteiger partial charge in [0.1, 0.15) is 10.4 Å². The van der Waals surface area contributed by atoms with Gasteiger partial charge in [-0.2, -0.15) is 0 Å². The highest BCUT2D eigenvalue weighted by atomic mass is 32.2. The molecular weight excluding hydrogens is 404 g/mol. The van der Waals surface area contributed by atoms with Gasteiger partial charge in [-0.05, 0) is 29.3 Å². The average Bonchev–Trinajstić information content (AvgIpc) is 3.00. The number of fused-ring (bicyclic) bond motifs is 1. The van der Waals surface area contributed by atoms with E-state index in [0.717, 1.165) is 33.8 Å². The maximum absolute atomic E-state index is 13.1. The maximum atomic E-state index is 13.1. The fraction of sp³-hybridized carbons (Fsp3) is 0.0909. The van der Waals surface area contributed by atoms with Crippen LogP contribution < -0.4 is 0 Å². The fourth-order valence-electron chi connectivity index (χ4n) is 3.26. The summed E-state index contributed by atoms with van der Waals surface area (Å²) in [7, 11) is 0. The molecule has 0 bridgehead atoms. The average molecular weight is 421 g/mol. The number of aliphatic carboxylic acids is 1. The summed E-state index contributed by atoms with van der Waals surface area (Å²) in [5.74, 6) is -1.47. The number of carboxylic acid groups (broad SMARTS) is 1. The van der Waals surface area contributed by atoms with E-state index in [1.165, 1.54) is 4.90 Å². The molecule has 1 fully saturated rings. The summed E-state index contributed by atoms with van der Waals surface area (Å²) < 4.78 is 0.253. The summed E-state index contributed by atoms with van der Waals surface area (Å²) in [6, 6.07) is 17.6. The van der Waals surface area contributed by atoms with Crippen LogP contribution in [0.5, 0.6) is 0 Å². The monoisotopic (exact) mass is 420 g/mol. The molecule has 2 heterocycles. The van der Waals surface area contributed by atoms with E-state index in [1.54, 1.807) is 12.3 Å². The van der Waals surface area contributed by atoms with Gasteiger partial charge in [0.05, 0.1) is 10.4 Å². The zero-order valence-electron chi connectivity index (χ0n) is 15.2. The fourth-order valence-corrected chi connectivity index (χ4v) is 4.61. The first-order chi connectivity index (χ1) is 14.0. The van der Waals surface area contributed by atoms with Gasteiger partial charge >= 0.3 is 5.97 Å². The minimum Gasteiger partial charge on any atom is -0.480 e. The van der Waals surface area contributed by atoms with Gasteiger partial charge in [-0.15, -0.1) is 0 Å². The van der Waals surface area contributed by atoms with Gasteiger partial charge < -0.3 is 5.11 Å². The third kappa shape index (κ3) is 3.92. The molecule has 29 heavy (non-hydrogen) atoms. The molecule has 7 heteroatoms. The van der Waals surface area contributed by atoms with Crippen molar-refractivity contribution in [1.29, 1.82) is 0 Å². The number of para-hydroxylation sites is 1. The first kappa shape index (κ1) is 19.3. The minimum absolute atomic E-state index is 0.189. The third-order valence-corrected chi connectivity index (χ3v) is 5.99. The van der Waals surface area contributed by atoms with Crippen molar-refractivity contribution >= 4 is 57.2 Å². The Balaban J connectivity index is 1.67. The second-order valence-electron chi connectivity index (χ2n) is 6.51. The Morgan fingerprint density at radius 2 is 1.86 bits per heavy atom. The Morgan fingerprint density at radius 1 is 1.14 bits per heavy atom. The van der Waals surface area contributed by atoms with Crippen molar-refractivity contribution in [3.05, 3.63) is 82.9 Å². The number of carboxylic acids is 1. The number of thiocarbonyl (C=S) groups is 1. The lowest BCUT2D eigenvalue weighted by atomic mass is 10.0. The molecule has 1 aliphatic rings. The molecule has 1 N–H and O–H groups in total. The van der Waals surface area contributed by atoms with E-state index < -0.39 is 12.0 Å². The Morgan fingerprint density at radius 3 is 2.62 bits per heavy atom. The SMILES string of the molecule is O=C(O)[C@H](Cc1ccccc1)N1C(=O)/C(=C/c2ccnc3ccccc23)SC1=S. The molecule has 0 saturated carbocycles. The number of amides is 1. The van der Waals surface area contributed by atoms with Crippen LogP contribution in [0.15, 0.2) is 71.8 Å². The Hall–Kier alpha value is -3.03. The minimum atomic E-state index is -1.08. The van der Waals surface area contributed by atoms with Crippen LogP contribution in [0.4, 0.5) is 0 Å². The van der Waals surface area contributed by atoms with E-state index in [4.69, 9.17) is 12.2 Å². The van der Waals surface area contributed by atoms with Gasteiger partial charge in [0.15, 0.2) is 0 Å². The van der Waals surface area contributed by atoms with Crippen molar-refractivity contribution in [3.63, 3.8) is 0 Å². The van der Waals surface area contributed by atoms with Crippen molar-refractivity contribution in [2.24, 2.45) is 0 Å². The lowest BCUT2D eigenvalue weighted by Gasteiger charge is -2.23. The van der Waals surface area contributed by atoms with Crippen LogP contribution >= 0.6 is 24.0 Å². The van der Waals surface area contributed by atoms with E-state index in [-0.39, 0.29) is 16.6 Å². The first-order valence-electron chi connectivity index (χ1n) is 8.92. The predicted octanol–water partition coefficient (Wildman–Crippen LogP) is 4.13. The van der Waals surface area contributed by atoms with Gasteiger partial charge in [0.2, 0.25) is 0 Å². The molecule has 1 aliphatic heterocycles. The summed E-state index contributed by atoms with van der Waals surface area (Å²) in [6.07, 6.45) is 3.63. The Labute approximate surface area is 177 Å². The molecule has 2 aromatic carbocycles. The number of carbonyl (C=O) groups excluding carboxylic acids is 1. The molecule has 1 saturated heterocycles. The number of hydrogen-bond donors (Lipinski definition) is 1. The summed E-state index contributed by atoms with van der Waals surface area (Å²) in [5, 5.41) is 10.7. The Kier molecular flexibility index (Phi) is 5.42. The second-order valence-corrected chi connectivity index (χ2v) is 8.19. The van der Waals surface area contributed by atoms with E-state index in [1.807, 2.05) is 60.7 Å². The standard InChI is InChI=1S/C22H16N2O3S2/c25-20-19(13-15-10-11-23-17-9-5-4-8-16(15)17)29-22(28)24(20)18(21(26)27)12-14-6-2-1-3-7-14/h1-11,13,18H,12H2,(H,26,27)/b19-13-/t18-/m0/s1. The lowest BCUT2D eigenvalue weighted by Crippen LogP contribution is -2.45. The van der Waals surface area contributed by atoms with Crippen LogP contribution in [0.25, 0.3) is 17.0 Å². The van der Waals surface area contributed by atoms with Crippen molar-refractivity contribution in [2.45, 2.75) is 12.5 Å². The van der Waals surface area contributed by atoms with Gasteiger partial charge in [-0.1, -0.05) is 72.5 Å². The topological polar surface area (TPSA) is 70.5 Å². The molecule has 144 valence electrons. The third-order valence-electron chi connectivity index (χ3n) is 4.66. The summed E-state index contributed by atoms with van der Waals surface area (Å²) in [6.45, 7) is 0. The summed E-state index contributed by atoms with van der Waals surface area (Å²) in [5.41, 5.74) is 2.49. The Bertz CT molecular complexity index is 1140. The van der Waals surface area contributed by atoms with Crippen molar-refractivity contribution in [3.8, 4) is 0 Å². The highest BCUT2D eigenvalue weighted by Crippen LogP contribution is 2.35. The van der Waals surface area contributed by atoms with Crippen LogP contribution in [0.2, 0.25) is 0 Å². The van der Waals surface area contributed by atoms with Gasteiger partial charge in [0, 0.05) is 18.0 Å². The van der Waals surface area contributed by atoms with Crippen LogP contribution in [0.3, 0.4) is 0 Å². The number of rotatable bonds is 5. The molecule has 1 aromatic heterocycles. The first-order valence-corrected chi connectivity index (χ1v) is 10.1. The molecule has 5 nitrogen and oxygen atoms in total. The number of nitrogens with zero attached hydrogens (tertiary/aromatic N) is 2. The van der Waals surface area contributed by atoms with Crippen molar-refractivity contribution in [2.75, 3.05) is 0 Å². The van der Waals surface area contributed by atoms with E-state index >= 15 is 0 Å². The van der Waals surface area contributed by atoms with Crippen LogP contribution in [0, 0.1) is 0 Å². The largest absolute Gasteiger partial charge is 0.480 e. The van der Waals surface area contributed by atoms with Crippen molar-refractivity contribution < 1.29 is 14.7 Å². The van der Waals surface area contributed by atoms with Gasteiger partial charge in [-0.3, -0.25) is 14.7 Å². The molecule has 0 radical (unpaired) electrons. The smallest absolute Gasteiger partial charge is 0.327 e.